The van der Waals surface area contributed by atoms with Crippen LogP contribution in [0.4, 0.5) is 5.69 Å². The van der Waals surface area contributed by atoms with Crippen molar-refractivity contribution in [3.8, 4) is 22.6 Å². The summed E-state index contributed by atoms with van der Waals surface area (Å²) in [6, 6.07) is 36.1. The van der Waals surface area contributed by atoms with Crippen molar-refractivity contribution in [1.82, 2.24) is 9.97 Å². The number of nitrogens with zero attached hydrogens (tertiary/aromatic N) is 4. The Labute approximate surface area is 236 Å². The van der Waals surface area contributed by atoms with Gasteiger partial charge < -0.3 is 10.2 Å². The summed E-state index contributed by atoms with van der Waals surface area (Å²) in [5.41, 5.74) is 6.04. The van der Waals surface area contributed by atoms with Crippen molar-refractivity contribution < 1.29 is 10.2 Å². The standard InChI is InChI=1S/C12H9N2.2C10H9NO.Al/c13-14-12-9-5-4-8-11(12)10-6-2-1-3-7-10;2*1-7-5-6-8-3-2-4-9(12)10(8)11-7;/h1-9H;2*2-6,12H,1H3;/q-1;;;+3/p-2. The fraction of sp³-hybridized carbons (Fsp3) is 0.0625. The summed E-state index contributed by atoms with van der Waals surface area (Å²) in [7, 11) is 0. The van der Waals surface area contributed by atoms with E-state index in [2.05, 4.69) is 47.8 Å². The Hall–Kier alpha value is -4.57. The normalized spacial score (nSPS) is 10.6. The van der Waals surface area contributed by atoms with E-state index in [4.69, 9.17) is 0 Å². The summed E-state index contributed by atoms with van der Waals surface area (Å²) in [4.78, 5) is 8.33. The van der Waals surface area contributed by atoms with Crippen LogP contribution in [0.1, 0.15) is 11.4 Å². The van der Waals surface area contributed by atoms with Gasteiger partial charge in [0.25, 0.3) is 0 Å². The number of fused-ring (bicyclic) bond motifs is 2. The number of hydrogen-bond donors (Lipinski definition) is 0. The summed E-state index contributed by atoms with van der Waals surface area (Å²) in [6.07, 6.45) is 0. The van der Waals surface area contributed by atoms with E-state index in [9.17, 15) is 10.2 Å². The van der Waals surface area contributed by atoms with Gasteiger partial charge in [0, 0.05) is 11.4 Å². The summed E-state index contributed by atoms with van der Waals surface area (Å²) in [5, 5.41) is 28.4. The molecule has 0 atom stereocenters. The van der Waals surface area contributed by atoms with E-state index in [-0.39, 0.29) is 11.5 Å². The molecule has 0 unspecified atom stereocenters. The van der Waals surface area contributed by atoms with Crippen LogP contribution in [0.3, 0.4) is 0 Å². The molecule has 0 aliphatic carbocycles. The molecule has 0 spiro atoms. The molecule has 6 rings (SSSR count). The average molecular weight is 525 g/mol. The van der Waals surface area contributed by atoms with Gasteiger partial charge in [-0.3, -0.25) is 9.97 Å². The topological polar surface area (TPSA) is 96.6 Å². The van der Waals surface area contributed by atoms with E-state index >= 15 is 0 Å². The number of rotatable bonds is 2. The van der Waals surface area contributed by atoms with Crippen molar-refractivity contribution in [2.24, 2.45) is 9.21 Å². The second-order valence-corrected chi connectivity index (χ2v) is 8.89. The number of aryl methyl sites for hydroxylation is 2. The third-order valence-corrected chi connectivity index (χ3v) is 5.91. The molecule has 0 saturated carbocycles. The molecule has 0 saturated heterocycles. The Kier molecular flexibility index (Phi) is 9.36. The molecule has 39 heavy (non-hydrogen) atoms. The Bertz CT molecular complexity index is 1640. The van der Waals surface area contributed by atoms with Gasteiger partial charge in [-0.2, -0.15) is 0 Å². The molecule has 6 aromatic rings. The van der Waals surface area contributed by atoms with Crippen LogP contribution in [0.2, 0.25) is 0 Å². The van der Waals surface area contributed by atoms with Gasteiger partial charge >= 0.3 is 97.1 Å². The zero-order valence-corrected chi connectivity index (χ0v) is 22.8. The summed E-state index contributed by atoms with van der Waals surface area (Å²) >= 11 is 2.25. The quantitative estimate of drug-likeness (QED) is 0.185. The molecule has 0 fully saturated rings. The minimum absolute atomic E-state index is 0.00352. The van der Waals surface area contributed by atoms with E-state index in [0.29, 0.717) is 11.0 Å². The fourth-order valence-electron chi connectivity index (χ4n) is 3.92. The first kappa shape index (κ1) is 27.5. The van der Waals surface area contributed by atoms with Crippen LogP contribution in [0.5, 0.6) is 11.5 Å². The van der Waals surface area contributed by atoms with Crippen LogP contribution in [-0.2, 0) is 0 Å². The van der Waals surface area contributed by atoms with Crippen molar-refractivity contribution in [2.75, 3.05) is 0 Å². The first-order chi connectivity index (χ1) is 19.0. The molecule has 0 amide bonds. The van der Waals surface area contributed by atoms with E-state index in [1.54, 1.807) is 12.1 Å². The van der Waals surface area contributed by atoms with E-state index < -0.39 is 0 Å². The Morgan fingerprint density at radius 1 is 0.564 bits per heavy atom. The third kappa shape index (κ3) is 7.26. The molecule has 6 nitrogen and oxygen atoms in total. The first-order valence-corrected chi connectivity index (χ1v) is 12.8. The molecule has 2 heterocycles. The van der Waals surface area contributed by atoms with Crippen molar-refractivity contribution in [2.45, 2.75) is 13.8 Å². The maximum absolute atomic E-state index is 11.3. The predicted octanol–water partition coefficient (Wildman–Crippen LogP) is 6.75. The molecule has 0 aliphatic heterocycles. The molecule has 4 aromatic carbocycles. The number of pyridine rings is 2. The molecular formula is C32H25AlN4O2. The number of benzene rings is 4. The van der Waals surface area contributed by atoms with Crippen molar-refractivity contribution in [1.29, 1.82) is 0 Å². The van der Waals surface area contributed by atoms with Crippen LogP contribution in [0.25, 0.3) is 32.9 Å². The molecular weight excluding hydrogens is 499 g/mol. The van der Waals surface area contributed by atoms with Crippen molar-refractivity contribution >= 4 is 44.0 Å². The van der Waals surface area contributed by atoms with Gasteiger partial charge in [0.05, 0.1) is 11.0 Å². The molecule has 7 heteroatoms. The summed E-state index contributed by atoms with van der Waals surface area (Å²) < 4.78 is 3.73. The predicted molar refractivity (Wildman–Crippen MR) is 154 cm³/mol. The summed E-state index contributed by atoms with van der Waals surface area (Å²) in [5.74, 6) is -0.00704. The maximum atomic E-state index is 11.3. The van der Waals surface area contributed by atoms with Gasteiger partial charge in [0.1, 0.15) is 0 Å². The average Bonchev–Trinajstić information content (AvgIpc) is 2.96. The Morgan fingerprint density at radius 3 is 1.62 bits per heavy atom. The van der Waals surface area contributed by atoms with Gasteiger partial charge in [-0.1, -0.05) is 60.0 Å². The van der Waals surface area contributed by atoms with Crippen LogP contribution in [0.15, 0.2) is 124 Å². The zero-order chi connectivity index (χ0) is 27.6. The van der Waals surface area contributed by atoms with Gasteiger partial charge in [0.2, 0.25) is 0 Å². The summed E-state index contributed by atoms with van der Waals surface area (Å²) in [6.45, 7) is 3.76. The van der Waals surface area contributed by atoms with Crippen molar-refractivity contribution in [3.63, 3.8) is 0 Å². The SMILES string of the molecule is Cc1ccc2cccc([O-])c2n1.Cc1ccc2cccc([O-])c2n1.[Al+2][N]=Nc1ccccc1-c1ccccc1. The van der Waals surface area contributed by atoms with Gasteiger partial charge in [-0.15, -0.1) is 0 Å². The molecule has 0 N–H and O–H groups in total. The second kappa shape index (κ2) is 13.3. The molecule has 2 aromatic heterocycles. The second-order valence-electron chi connectivity index (χ2n) is 8.66. The van der Waals surface area contributed by atoms with Gasteiger partial charge in [-0.25, -0.2) is 0 Å². The number of aromatic nitrogens is 2. The van der Waals surface area contributed by atoms with Gasteiger partial charge in [0.15, 0.2) is 0 Å². The van der Waals surface area contributed by atoms with Crippen LogP contribution in [0, 0.1) is 13.8 Å². The minimum atomic E-state index is -0.00352. The molecule has 188 valence electrons. The first-order valence-electron chi connectivity index (χ1n) is 12.3. The van der Waals surface area contributed by atoms with E-state index in [0.717, 1.165) is 39.0 Å². The fourth-order valence-corrected chi connectivity index (χ4v) is 4.04. The van der Waals surface area contributed by atoms with Crippen LogP contribution < -0.4 is 10.2 Å². The van der Waals surface area contributed by atoms with E-state index in [1.807, 2.05) is 92.7 Å². The zero-order valence-electron chi connectivity index (χ0n) is 21.7. The van der Waals surface area contributed by atoms with E-state index in [1.165, 1.54) is 12.1 Å². The number of para-hydroxylation sites is 2. The van der Waals surface area contributed by atoms with Crippen LogP contribution >= 0.6 is 0 Å². The van der Waals surface area contributed by atoms with Gasteiger partial charge in [-0.05, 0) is 36.8 Å². The Balaban J connectivity index is 0.000000137. The Morgan fingerprint density at radius 2 is 1.08 bits per heavy atom. The van der Waals surface area contributed by atoms with Crippen LogP contribution in [-0.4, -0.2) is 26.5 Å². The number of hydrogen-bond acceptors (Lipinski definition) is 6. The monoisotopic (exact) mass is 524 g/mol. The van der Waals surface area contributed by atoms with Crippen molar-refractivity contribution in [3.05, 3.63) is 127 Å². The molecule has 0 aliphatic rings. The molecule has 0 radical (unpaired) electrons. The third-order valence-electron chi connectivity index (χ3n) is 5.80. The molecule has 0 bridgehead atoms.